The van der Waals surface area contributed by atoms with E-state index in [2.05, 4.69) is 15.9 Å². The fourth-order valence-corrected chi connectivity index (χ4v) is 6.50. The number of benzene rings is 1. The number of morpholine rings is 1. The first-order valence-electron chi connectivity index (χ1n) is 6.69. The summed E-state index contributed by atoms with van der Waals surface area (Å²) in [6.45, 7) is 0.873. The van der Waals surface area contributed by atoms with E-state index in [-0.39, 0.29) is 6.54 Å². The number of ether oxygens (including phenoxy) is 1. The Morgan fingerprint density at radius 2 is 1.91 bits per heavy atom. The lowest BCUT2D eigenvalue weighted by Gasteiger charge is -2.32. The van der Waals surface area contributed by atoms with Crippen LogP contribution in [0.4, 0.5) is 0 Å². The largest absolute Gasteiger partial charge is 0.371 e. The molecular formula is C14H12BrCl2NO3S2. The van der Waals surface area contributed by atoms with Crippen molar-refractivity contribution in [1.29, 1.82) is 0 Å². The lowest BCUT2D eigenvalue weighted by atomic mass is 10.1. The average molecular weight is 457 g/mol. The van der Waals surface area contributed by atoms with E-state index in [9.17, 15) is 8.42 Å². The zero-order valence-electron chi connectivity index (χ0n) is 11.7. The molecule has 1 atom stereocenters. The molecule has 1 aliphatic heterocycles. The van der Waals surface area contributed by atoms with Crippen molar-refractivity contribution in [2.75, 3.05) is 19.7 Å². The highest BCUT2D eigenvalue weighted by atomic mass is 79.9. The monoisotopic (exact) mass is 455 g/mol. The van der Waals surface area contributed by atoms with E-state index < -0.39 is 16.1 Å². The van der Waals surface area contributed by atoms with E-state index in [1.807, 2.05) is 0 Å². The molecule has 2 aromatic rings. The van der Waals surface area contributed by atoms with Crippen LogP contribution in [-0.2, 0) is 14.8 Å². The molecule has 0 bridgehead atoms. The minimum absolute atomic E-state index is 0.231. The van der Waals surface area contributed by atoms with Crippen molar-refractivity contribution in [1.82, 2.24) is 4.31 Å². The van der Waals surface area contributed by atoms with Crippen LogP contribution in [0.25, 0.3) is 0 Å². The third-order valence-corrected chi connectivity index (χ3v) is 7.82. The summed E-state index contributed by atoms with van der Waals surface area (Å²) in [4.78, 5) is 0. The summed E-state index contributed by atoms with van der Waals surface area (Å²) in [6, 6.07) is 8.45. The zero-order chi connectivity index (χ0) is 16.6. The number of halogens is 3. The van der Waals surface area contributed by atoms with Gasteiger partial charge in [0.1, 0.15) is 4.21 Å². The highest BCUT2D eigenvalue weighted by Crippen LogP contribution is 2.33. The molecular weight excluding hydrogens is 445 g/mol. The zero-order valence-corrected chi connectivity index (χ0v) is 16.4. The highest BCUT2D eigenvalue weighted by Gasteiger charge is 2.32. The smallest absolute Gasteiger partial charge is 0.252 e. The van der Waals surface area contributed by atoms with Crippen LogP contribution in [0.5, 0.6) is 0 Å². The third kappa shape index (κ3) is 3.92. The molecule has 0 saturated carbocycles. The van der Waals surface area contributed by atoms with E-state index >= 15 is 0 Å². The average Bonchev–Trinajstić information content (AvgIpc) is 2.94. The van der Waals surface area contributed by atoms with Crippen LogP contribution < -0.4 is 0 Å². The number of sulfonamides is 1. The van der Waals surface area contributed by atoms with Gasteiger partial charge in [0, 0.05) is 23.1 Å². The SMILES string of the molecule is O=S(=O)(c1ccc(Br)s1)N1CCO[C@@H](c2cc(Cl)cc(Cl)c2)C1. The third-order valence-electron chi connectivity index (χ3n) is 3.43. The first kappa shape index (κ1) is 17.7. The van der Waals surface area contributed by atoms with Crippen LogP contribution in [0.15, 0.2) is 38.3 Å². The van der Waals surface area contributed by atoms with Crippen LogP contribution in [-0.4, -0.2) is 32.4 Å². The second-order valence-corrected chi connectivity index (χ2v) is 10.5. The van der Waals surface area contributed by atoms with Gasteiger partial charge in [0.05, 0.1) is 16.5 Å². The number of nitrogens with zero attached hydrogens (tertiary/aromatic N) is 1. The van der Waals surface area contributed by atoms with Crippen molar-refractivity contribution < 1.29 is 13.2 Å². The Bertz CT molecular complexity index is 805. The van der Waals surface area contributed by atoms with E-state index in [0.29, 0.717) is 27.4 Å². The second kappa shape index (κ2) is 7.00. The molecule has 0 radical (unpaired) electrons. The number of hydrogen-bond acceptors (Lipinski definition) is 4. The van der Waals surface area contributed by atoms with E-state index in [4.69, 9.17) is 27.9 Å². The summed E-state index contributed by atoms with van der Waals surface area (Å²) in [7, 11) is -3.53. The van der Waals surface area contributed by atoms with E-state index in [1.165, 1.54) is 15.6 Å². The topological polar surface area (TPSA) is 46.6 Å². The van der Waals surface area contributed by atoms with Gasteiger partial charge >= 0.3 is 0 Å². The molecule has 23 heavy (non-hydrogen) atoms. The van der Waals surface area contributed by atoms with Gasteiger partial charge in [0.2, 0.25) is 0 Å². The fraction of sp³-hybridized carbons (Fsp3) is 0.286. The molecule has 1 aromatic carbocycles. The highest BCUT2D eigenvalue weighted by molar-refractivity contribution is 9.11. The molecule has 124 valence electrons. The molecule has 0 amide bonds. The Morgan fingerprint density at radius 1 is 1.22 bits per heavy atom. The normalized spacial score (nSPS) is 19.9. The lowest BCUT2D eigenvalue weighted by Crippen LogP contribution is -2.41. The molecule has 1 fully saturated rings. The van der Waals surface area contributed by atoms with Crippen molar-refractivity contribution in [3.05, 3.63) is 49.7 Å². The standard InChI is InChI=1S/C14H12BrCl2NO3S2/c15-13-1-2-14(22-13)23(19,20)18-3-4-21-12(8-18)9-5-10(16)7-11(17)6-9/h1-2,5-7,12H,3-4,8H2/t12-/m1/s1. The minimum atomic E-state index is -3.53. The fourth-order valence-electron chi connectivity index (χ4n) is 2.37. The van der Waals surface area contributed by atoms with Gasteiger partial charge in [-0.15, -0.1) is 11.3 Å². The quantitative estimate of drug-likeness (QED) is 0.678. The van der Waals surface area contributed by atoms with Crippen LogP contribution in [0, 0.1) is 0 Å². The second-order valence-electron chi connectivity index (χ2n) is 4.98. The number of rotatable bonds is 3. The predicted molar refractivity (Wildman–Crippen MR) is 95.9 cm³/mol. The molecule has 2 heterocycles. The van der Waals surface area contributed by atoms with Crippen LogP contribution in [0.2, 0.25) is 10.0 Å². The Labute approximate surface area is 157 Å². The number of thiophene rings is 1. The van der Waals surface area contributed by atoms with Crippen molar-refractivity contribution in [2.45, 2.75) is 10.3 Å². The van der Waals surface area contributed by atoms with E-state index in [0.717, 1.165) is 9.35 Å². The molecule has 3 rings (SSSR count). The molecule has 4 nitrogen and oxygen atoms in total. The molecule has 0 aliphatic carbocycles. The van der Waals surface area contributed by atoms with Gasteiger partial charge in [-0.3, -0.25) is 0 Å². The van der Waals surface area contributed by atoms with Gasteiger partial charge in [0.15, 0.2) is 0 Å². The molecule has 0 spiro atoms. The van der Waals surface area contributed by atoms with Crippen molar-refractivity contribution >= 4 is 60.5 Å². The van der Waals surface area contributed by atoms with Crippen molar-refractivity contribution in [3.63, 3.8) is 0 Å². The molecule has 1 aliphatic rings. The van der Waals surface area contributed by atoms with E-state index in [1.54, 1.807) is 30.3 Å². The summed E-state index contributed by atoms with van der Waals surface area (Å²) in [5.74, 6) is 0. The predicted octanol–water partition coefficient (Wildman–Crippen LogP) is 4.58. The summed E-state index contributed by atoms with van der Waals surface area (Å²) >= 11 is 16.5. The Morgan fingerprint density at radius 3 is 2.52 bits per heavy atom. The summed E-state index contributed by atoms with van der Waals surface area (Å²) < 4.78 is 33.7. The van der Waals surface area contributed by atoms with Crippen LogP contribution >= 0.6 is 50.5 Å². The first-order chi connectivity index (χ1) is 10.9. The molecule has 9 heteroatoms. The maximum absolute atomic E-state index is 12.7. The van der Waals surface area contributed by atoms with Crippen LogP contribution in [0.3, 0.4) is 0 Å². The summed E-state index contributed by atoms with van der Waals surface area (Å²) in [5.41, 5.74) is 0.773. The van der Waals surface area contributed by atoms with Gasteiger partial charge in [-0.05, 0) is 51.8 Å². The Balaban J connectivity index is 1.86. The Hall–Kier alpha value is -0.150. The molecule has 0 unspecified atom stereocenters. The van der Waals surface area contributed by atoms with Crippen molar-refractivity contribution in [2.24, 2.45) is 0 Å². The van der Waals surface area contributed by atoms with Gasteiger partial charge < -0.3 is 4.74 Å². The van der Waals surface area contributed by atoms with Crippen molar-refractivity contribution in [3.8, 4) is 0 Å². The summed E-state index contributed by atoms with van der Waals surface area (Å²) in [6.07, 6.45) is -0.391. The first-order valence-corrected chi connectivity index (χ1v) is 10.5. The minimum Gasteiger partial charge on any atom is -0.371 e. The number of hydrogen-bond donors (Lipinski definition) is 0. The van der Waals surface area contributed by atoms with Gasteiger partial charge in [-0.2, -0.15) is 4.31 Å². The molecule has 1 saturated heterocycles. The maximum atomic E-state index is 12.7. The lowest BCUT2D eigenvalue weighted by molar-refractivity contribution is -0.00249. The molecule has 1 aromatic heterocycles. The molecule has 0 N–H and O–H groups in total. The van der Waals surface area contributed by atoms with Gasteiger partial charge in [-0.25, -0.2) is 8.42 Å². The van der Waals surface area contributed by atoms with Gasteiger partial charge in [-0.1, -0.05) is 23.2 Å². The van der Waals surface area contributed by atoms with Gasteiger partial charge in [0.25, 0.3) is 10.0 Å². The summed E-state index contributed by atoms with van der Waals surface area (Å²) in [5, 5.41) is 0.997. The maximum Gasteiger partial charge on any atom is 0.252 e. The van der Waals surface area contributed by atoms with Crippen LogP contribution in [0.1, 0.15) is 11.7 Å². The Kier molecular flexibility index (Phi) is 5.37.